The molecule has 0 fully saturated rings. The molecule has 0 saturated carbocycles. The Morgan fingerprint density at radius 1 is 1.06 bits per heavy atom. The maximum atomic E-state index is 12.4. The van der Waals surface area contributed by atoms with Gasteiger partial charge in [-0.15, -0.1) is 0 Å². The second-order valence-corrected chi connectivity index (χ2v) is 9.25. The number of carbonyl (C=O) groups is 1. The molecule has 3 aromatic rings. The number of aryl methyl sites for hydroxylation is 2. The Bertz CT molecular complexity index is 1210. The van der Waals surface area contributed by atoms with Crippen LogP contribution in [0.2, 0.25) is 0 Å². The maximum absolute atomic E-state index is 12.4. The largest absolute Gasteiger partial charge is 0.318 e. The first-order chi connectivity index (χ1) is 14.7. The van der Waals surface area contributed by atoms with E-state index >= 15 is 0 Å². The molecule has 1 amide bonds. The number of rotatable bonds is 7. The molecule has 1 aromatic heterocycles. The molecule has 0 atom stereocenters. The number of nitrogens with zero attached hydrogens (tertiary/aromatic N) is 3. The molecule has 0 aliphatic rings. The molecule has 1 N–H and O–H groups in total. The van der Waals surface area contributed by atoms with Crippen LogP contribution in [-0.4, -0.2) is 37.9 Å². The van der Waals surface area contributed by atoms with Crippen molar-refractivity contribution in [2.75, 3.05) is 17.1 Å². The summed E-state index contributed by atoms with van der Waals surface area (Å²) in [5.74, 6) is -0.526. The Balaban J connectivity index is 1.74. The standard InChI is InChI=1S/C23H26N4O3S/c1-17-10-8-9-13-22(17)26(31(4,29)30)16-23(28)25-24-15-20-14-18(2)27(19(20)3)21-11-6-5-7-12-21/h5-15H,16H2,1-4H3,(H,25,28)/b24-15-. The number of nitrogens with one attached hydrogen (secondary N) is 1. The summed E-state index contributed by atoms with van der Waals surface area (Å²) in [6.07, 6.45) is 2.65. The van der Waals surface area contributed by atoms with Gasteiger partial charge in [-0.3, -0.25) is 9.10 Å². The van der Waals surface area contributed by atoms with Crippen LogP contribution in [0.5, 0.6) is 0 Å². The summed E-state index contributed by atoms with van der Waals surface area (Å²) in [5, 5.41) is 4.04. The average molecular weight is 439 g/mol. The third kappa shape index (κ3) is 5.21. The molecule has 31 heavy (non-hydrogen) atoms. The highest BCUT2D eigenvalue weighted by Crippen LogP contribution is 2.22. The Kier molecular flexibility index (Phi) is 6.60. The number of aromatic nitrogens is 1. The van der Waals surface area contributed by atoms with Crippen LogP contribution in [0.1, 0.15) is 22.5 Å². The molecule has 1 heterocycles. The molecule has 0 radical (unpaired) electrons. The fourth-order valence-electron chi connectivity index (χ4n) is 3.46. The van der Waals surface area contributed by atoms with Crippen molar-refractivity contribution in [2.24, 2.45) is 5.10 Å². The van der Waals surface area contributed by atoms with Crippen molar-refractivity contribution in [3.8, 4) is 5.69 Å². The van der Waals surface area contributed by atoms with E-state index in [1.54, 1.807) is 31.3 Å². The van der Waals surface area contributed by atoms with Gasteiger partial charge >= 0.3 is 0 Å². The number of sulfonamides is 1. The van der Waals surface area contributed by atoms with Crippen LogP contribution in [0.4, 0.5) is 5.69 Å². The van der Waals surface area contributed by atoms with E-state index < -0.39 is 15.9 Å². The van der Waals surface area contributed by atoms with E-state index in [0.29, 0.717) is 5.69 Å². The van der Waals surface area contributed by atoms with Crippen LogP contribution >= 0.6 is 0 Å². The molecule has 0 aliphatic heterocycles. The summed E-state index contributed by atoms with van der Waals surface area (Å²) in [6, 6.07) is 19.0. The molecule has 0 saturated heterocycles. The van der Waals surface area contributed by atoms with Gasteiger partial charge in [0.2, 0.25) is 10.0 Å². The first-order valence-electron chi connectivity index (χ1n) is 9.78. The quantitative estimate of drug-likeness (QED) is 0.454. The lowest BCUT2D eigenvalue weighted by atomic mass is 10.2. The molecule has 0 aliphatic carbocycles. The van der Waals surface area contributed by atoms with E-state index in [0.717, 1.165) is 38.8 Å². The molecule has 2 aromatic carbocycles. The second-order valence-electron chi connectivity index (χ2n) is 7.35. The van der Waals surface area contributed by atoms with Crippen LogP contribution in [0, 0.1) is 20.8 Å². The number of hydrogen-bond donors (Lipinski definition) is 1. The van der Waals surface area contributed by atoms with E-state index in [9.17, 15) is 13.2 Å². The molecule has 0 bridgehead atoms. The predicted octanol–water partition coefficient (Wildman–Crippen LogP) is 3.32. The van der Waals surface area contributed by atoms with E-state index in [4.69, 9.17) is 0 Å². The summed E-state index contributed by atoms with van der Waals surface area (Å²) in [4.78, 5) is 12.4. The zero-order chi connectivity index (χ0) is 22.6. The maximum Gasteiger partial charge on any atom is 0.260 e. The minimum atomic E-state index is -3.64. The molecule has 7 nitrogen and oxygen atoms in total. The minimum Gasteiger partial charge on any atom is -0.318 e. The van der Waals surface area contributed by atoms with Crippen LogP contribution in [0.3, 0.4) is 0 Å². The first-order valence-corrected chi connectivity index (χ1v) is 11.6. The molecule has 3 rings (SSSR count). The third-order valence-corrected chi connectivity index (χ3v) is 6.08. The van der Waals surface area contributed by atoms with E-state index in [-0.39, 0.29) is 6.54 Å². The summed E-state index contributed by atoms with van der Waals surface area (Å²) >= 11 is 0. The number of hydrazone groups is 1. The average Bonchev–Trinajstić information content (AvgIpc) is 3.00. The Labute approximate surface area is 183 Å². The van der Waals surface area contributed by atoms with Crippen LogP contribution < -0.4 is 9.73 Å². The molecule has 162 valence electrons. The Hall–Kier alpha value is -3.39. The lowest BCUT2D eigenvalue weighted by Gasteiger charge is -2.23. The van der Waals surface area contributed by atoms with Crippen LogP contribution in [-0.2, 0) is 14.8 Å². The van der Waals surface area contributed by atoms with Crippen molar-refractivity contribution in [3.63, 3.8) is 0 Å². The summed E-state index contributed by atoms with van der Waals surface area (Å²) in [6.45, 7) is 5.42. The Morgan fingerprint density at radius 3 is 2.35 bits per heavy atom. The topological polar surface area (TPSA) is 83.8 Å². The first kappa shape index (κ1) is 22.3. The van der Waals surface area contributed by atoms with Gasteiger partial charge in [-0.2, -0.15) is 5.10 Å². The zero-order valence-electron chi connectivity index (χ0n) is 18.0. The normalized spacial score (nSPS) is 11.6. The van der Waals surface area contributed by atoms with E-state index in [2.05, 4.69) is 15.1 Å². The predicted molar refractivity (Wildman–Crippen MR) is 124 cm³/mol. The van der Waals surface area contributed by atoms with Gasteiger partial charge in [0, 0.05) is 22.6 Å². The van der Waals surface area contributed by atoms with Crippen LogP contribution in [0.15, 0.2) is 65.8 Å². The minimum absolute atomic E-state index is 0.357. The van der Waals surface area contributed by atoms with Gasteiger partial charge in [-0.1, -0.05) is 36.4 Å². The van der Waals surface area contributed by atoms with Gasteiger partial charge in [-0.05, 0) is 50.6 Å². The van der Waals surface area contributed by atoms with Crippen molar-refractivity contribution in [3.05, 3.63) is 83.2 Å². The fraction of sp³-hybridized carbons (Fsp3) is 0.217. The number of anilines is 1. The summed E-state index contributed by atoms with van der Waals surface area (Å²) < 4.78 is 27.7. The number of carbonyl (C=O) groups excluding carboxylic acids is 1. The lowest BCUT2D eigenvalue weighted by Crippen LogP contribution is -2.39. The van der Waals surface area contributed by atoms with Gasteiger partial charge in [0.05, 0.1) is 18.2 Å². The highest BCUT2D eigenvalue weighted by molar-refractivity contribution is 7.92. The van der Waals surface area contributed by atoms with Crippen molar-refractivity contribution in [2.45, 2.75) is 20.8 Å². The van der Waals surface area contributed by atoms with Gasteiger partial charge in [0.1, 0.15) is 6.54 Å². The number of para-hydroxylation sites is 2. The number of amides is 1. The smallest absolute Gasteiger partial charge is 0.260 e. The summed E-state index contributed by atoms with van der Waals surface area (Å²) in [7, 11) is -3.64. The fourth-order valence-corrected chi connectivity index (χ4v) is 4.37. The molecule has 0 unspecified atom stereocenters. The molecule has 8 heteroatoms. The van der Waals surface area contributed by atoms with Crippen LogP contribution in [0.25, 0.3) is 5.69 Å². The molecular formula is C23H26N4O3S. The number of hydrogen-bond acceptors (Lipinski definition) is 4. The van der Waals surface area contributed by atoms with Crippen molar-refractivity contribution in [1.82, 2.24) is 9.99 Å². The third-order valence-electron chi connectivity index (χ3n) is 4.95. The summed E-state index contributed by atoms with van der Waals surface area (Å²) in [5.41, 5.74) is 7.60. The van der Waals surface area contributed by atoms with Gasteiger partial charge in [0.15, 0.2) is 0 Å². The van der Waals surface area contributed by atoms with Crippen molar-refractivity contribution in [1.29, 1.82) is 0 Å². The number of benzene rings is 2. The Morgan fingerprint density at radius 2 is 1.71 bits per heavy atom. The van der Waals surface area contributed by atoms with Gasteiger partial charge in [-0.25, -0.2) is 13.8 Å². The van der Waals surface area contributed by atoms with Gasteiger partial charge in [0.25, 0.3) is 5.91 Å². The van der Waals surface area contributed by atoms with E-state index in [1.165, 1.54) is 0 Å². The lowest BCUT2D eigenvalue weighted by molar-refractivity contribution is -0.119. The molecule has 0 spiro atoms. The highest BCUT2D eigenvalue weighted by Gasteiger charge is 2.22. The van der Waals surface area contributed by atoms with E-state index in [1.807, 2.05) is 56.3 Å². The SMILES string of the molecule is Cc1ccccc1N(CC(=O)N/N=C\c1cc(C)n(-c2ccccc2)c1C)S(C)(=O)=O. The van der Waals surface area contributed by atoms with Crippen molar-refractivity contribution >= 4 is 27.8 Å². The second kappa shape index (κ2) is 9.18. The zero-order valence-corrected chi connectivity index (χ0v) is 18.8. The van der Waals surface area contributed by atoms with Gasteiger partial charge < -0.3 is 4.57 Å². The highest BCUT2D eigenvalue weighted by atomic mass is 32.2. The monoisotopic (exact) mass is 438 g/mol. The van der Waals surface area contributed by atoms with Crippen molar-refractivity contribution < 1.29 is 13.2 Å². The molecular weight excluding hydrogens is 412 g/mol.